The first-order chi connectivity index (χ1) is 16.0. The maximum Gasteiger partial charge on any atom is 0.329 e. The van der Waals surface area contributed by atoms with E-state index in [0.29, 0.717) is 36.0 Å². The highest BCUT2D eigenvalue weighted by atomic mass is 79.9. The second kappa shape index (κ2) is 12.2. The predicted molar refractivity (Wildman–Crippen MR) is 131 cm³/mol. The number of halogens is 1. The molecule has 0 atom stereocenters. The summed E-state index contributed by atoms with van der Waals surface area (Å²) < 4.78 is 12.1. The molecular weight excluding hydrogens is 486 g/mol. The summed E-state index contributed by atoms with van der Waals surface area (Å²) in [5, 5.41) is 6.39. The zero-order valence-corrected chi connectivity index (χ0v) is 19.2. The summed E-state index contributed by atoms with van der Waals surface area (Å²) in [7, 11) is 0. The van der Waals surface area contributed by atoms with Gasteiger partial charge in [0.25, 0.3) is 0 Å². The summed E-state index contributed by atoms with van der Waals surface area (Å²) in [4.78, 5) is 24.2. The van der Waals surface area contributed by atoms with E-state index < -0.39 is 11.8 Å². The molecule has 0 aromatic heterocycles. The van der Waals surface area contributed by atoms with E-state index in [1.54, 1.807) is 42.5 Å². The van der Waals surface area contributed by atoms with Crippen LogP contribution in [0.25, 0.3) is 0 Å². The van der Waals surface area contributed by atoms with Crippen molar-refractivity contribution >= 4 is 39.6 Å². The number of hydrogen-bond acceptors (Lipinski definition) is 5. The first-order valence-corrected chi connectivity index (χ1v) is 10.8. The van der Waals surface area contributed by atoms with E-state index in [2.05, 4.69) is 38.4 Å². The Balaban J connectivity index is 1.56. The molecule has 0 spiro atoms. The third kappa shape index (κ3) is 7.62. The van der Waals surface area contributed by atoms with Gasteiger partial charge in [-0.15, -0.1) is 0 Å². The summed E-state index contributed by atoms with van der Waals surface area (Å²) in [6, 6.07) is 21.8. The number of ether oxygens (including phenoxy) is 2. The lowest BCUT2D eigenvalue weighted by atomic mass is 10.2. The minimum absolute atomic E-state index is 0.378. The number of nitrogens with one attached hydrogen (secondary N) is 2. The Bertz CT molecular complexity index is 1130. The Labute approximate surface area is 200 Å². The number of amides is 2. The van der Waals surface area contributed by atoms with Gasteiger partial charge in [-0.3, -0.25) is 9.59 Å². The second-order valence-electron chi connectivity index (χ2n) is 6.73. The smallest absolute Gasteiger partial charge is 0.329 e. The SMILES string of the molecule is C=CCOc1ccc(NC(=O)C(=O)N/N=C\c2cc(Br)ccc2OCc2ccccc2)cc1. The number of nitrogens with zero attached hydrogens (tertiary/aromatic N) is 1. The van der Waals surface area contributed by atoms with Crippen LogP contribution in [0.5, 0.6) is 11.5 Å². The monoisotopic (exact) mass is 507 g/mol. The van der Waals surface area contributed by atoms with Crippen LogP contribution in [0, 0.1) is 0 Å². The molecule has 0 aliphatic carbocycles. The second-order valence-corrected chi connectivity index (χ2v) is 7.65. The lowest BCUT2D eigenvalue weighted by Gasteiger charge is -2.10. The summed E-state index contributed by atoms with van der Waals surface area (Å²) in [5.74, 6) is -0.536. The van der Waals surface area contributed by atoms with Gasteiger partial charge in [0.2, 0.25) is 0 Å². The molecule has 8 heteroatoms. The van der Waals surface area contributed by atoms with Crippen LogP contribution >= 0.6 is 15.9 Å². The molecular formula is C25H22BrN3O4. The van der Waals surface area contributed by atoms with Gasteiger partial charge in [-0.2, -0.15) is 5.10 Å². The predicted octanol–water partition coefficient (Wildman–Crippen LogP) is 4.68. The number of rotatable bonds is 9. The van der Waals surface area contributed by atoms with Crippen molar-refractivity contribution in [3.63, 3.8) is 0 Å². The Kier molecular flexibility index (Phi) is 8.79. The molecule has 2 N–H and O–H groups in total. The molecule has 2 amide bonds. The first-order valence-electron chi connectivity index (χ1n) is 9.99. The topological polar surface area (TPSA) is 89.0 Å². The molecule has 0 aliphatic rings. The normalized spacial score (nSPS) is 10.5. The number of hydrogen-bond donors (Lipinski definition) is 2. The summed E-state index contributed by atoms with van der Waals surface area (Å²) in [6.45, 7) is 4.34. The molecule has 0 unspecified atom stereocenters. The maximum atomic E-state index is 12.1. The van der Waals surface area contributed by atoms with E-state index in [9.17, 15) is 9.59 Å². The number of hydrazone groups is 1. The zero-order valence-electron chi connectivity index (χ0n) is 17.7. The van der Waals surface area contributed by atoms with Crippen LogP contribution in [-0.2, 0) is 16.2 Å². The Morgan fingerprint density at radius 2 is 1.73 bits per heavy atom. The molecule has 3 aromatic carbocycles. The van der Waals surface area contributed by atoms with Gasteiger partial charge in [0.1, 0.15) is 24.7 Å². The van der Waals surface area contributed by atoms with E-state index in [1.165, 1.54) is 6.21 Å². The fourth-order valence-electron chi connectivity index (χ4n) is 2.68. The highest BCUT2D eigenvalue weighted by Crippen LogP contribution is 2.23. The third-order valence-corrected chi connectivity index (χ3v) is 4.76. The molecule has 3 aromatic rings. The lowest BCUT2D eigenvalue weighted by molar-refractivity contribution is -0.136. The molecule has 0 saturated carbocycles. The van der Waals surface area contributed by atoms with Crippen molar-refractivity contribution < 1.29 is 19.1 Å². The van der Waals surface area contributed by atoms with Crippen molar-refractivity contribution in [2.24, 2.45) is 5.10 Å². The average molecular weight is 508 g/mol. The summed E-state index contributed by atoms with van der Waals surface area (Å²) in [5.41, 5.74) is 4.33. The van der Waals surface area contributed by atoms with Crippen molar-refractivity contribution in [2.75, 3.05) is 11.9 Å². The van der Waals surface area contributed by atoms with Crippen LogP contribution in [-0.4, -0.2) is 24.6 Å². The largest absolute Gasteiger partial charge is 0.490 e. The van der Waals surface area contributed by atoms with Gasteiger partial charge < -0.3 is 14.8 Å². The third-order valence-electron chi connectivity index (χ3n) is 4.26. The van der Waals surface area contributed by atoms with Gasteiger partial charge in [0.15, 0.2) is 0 Å². The van der Waals surface area contributed by atoms with Gasteiger partial charge >= 0.3 is 11.8 Å². The van der Waals surface area contributed by atoms with Crippen molar-refractivity contribution in [2.45, 2.75) is 6.61 Å². The van der Waals surface area contributed by atoms with E-state index in [1.807, 2.05) is 36.4 Å². The minimum atomic E-state index is -0.903. The van der Waals surface area contributed by atoms with Crippen LogP contribution < -0.4 is 20.2 Å². The lowest BCUT2D eigenvalue weighted by Crippen LogP contribution is -2.32. The molecule has 0 bridgehead atoms. The molecule has 3 rings (SSSR count). The standard InChI is InChI=1S/C25H22BrN3O4/c1-2-14-32-22-11-9-21(10-12-22)28-24(30)25(31)29-27-16-19-15-20(26)8-13-23(19)33-17-18-6-4-3-5-7-18/h2-13,15-16H,1,14,17H2,(H,28,30)(H,29,31)/b27-16-. The highest BCUT2D eigenvalue weighted by molar-refractivity contribution is 9.10. The minimum Gasteiger partial charge on any atom is -0.490 e. The molecule has 7 nitrogen and oxygen atoms in total. The molecule has 33 heavy (non-hydrogen) atoms. The Morgan fingerprint density at radius 3 is 2.45 bits per heavy atom. The van der Waals surface area contributed by atoms with E-state index in [-0.39, 0.29) is 0 Å². The molecule has 0 fully saturated rings. The fourth-order valence-corrected chi connectivity index (χ4v) is 3.05. The van der Waals surface area contributed by atoms with Crippen LogP contribution in [0.3, 0.4) is 0 Å². The summed E-state index contributed by atoms with van der Waals surface area (Å²) >= 11 is 3.41. The molecule has 0 saturated heterocycles. The maximum absolute atomic E-state index is 12.1. The number of carbonyl (C=O) groups is 2. The number of benzene rings is 3. The average Bonchev–Trinajstić information content (AvgIpc) is 2.83. The number of anilines is 1. The molecule has 0 radical (unpaired) electrons. The summed E-state index contributed by atoms with van der Waals surface area (Å²) in [6.07, 6.45) is 3.05. The quantitative estimate of drug-likeness (QED) is 0.190. The fraction of sp³-hybridized carbons (Fsp3) is 0.0800. The van der Waals surface area contributed by atoms with Crippen molar-refractivity contribution in [3.05, 3.63) is 101 Å². The van der Waals surface area contributed by atoms with Crippen molar-refractivity contribution in [1.29, 1.82) is 0 Å². The van der Waals surface area contributed by atoms with Gasteiger partial charge in [-0.05, 0) is 48.0 Å². The van der Waals surface area contributed by atoms with Gasteiger partial charge in [0.05, 0.1) is 6.21 Å². The van der Waals surface area contributed by atoms with E-state index in [4.69, 9.17) is 9.47 Å². The van der Waals surface area contributed by atoms with Crippen molar-refractivity contribution in [3.8, 4) is 11.5 Å². The van der Waals surface area contributed by atoms with Crippen molar-refractivity contribution in [1.82, 2.24) is 5.43 Å². The molecule has 0 aliphatic heterocycles. The van der Waals surface area contributed by atoms with E-state index >= 15 is 0 Å². The van der Waals surface area contributed by atoms with Crippen LogP contribution in [0.15, 0.2) is 95.0 Å². The van der Waals surface area contributed by atoms with Gasteiger partial charge in [-0.25, -0.2) is 5.43 Å². The number of carbonyl (C=O) groups excluding carboxylic acids is 2. The Morgan fingerprint density at radius 1 is 0.970 bits per heavy atom. The Hall–Kier alpha value is -3.91. The molecule has 168 valence electrons. The van der Waals surface area contributed by atoms with Crippen LogP contribution in [0.4, 0.5) is 5.69 Å². The van der Waals surface area contributed by atoms with Crippen LogP contribution in [0.2, 0.25) is 0 Å². The zero-order chi connectivity index (χ0) is 23.5. The van der Waals surface area contributed by atoms with E-state index in [0.717, 1.165) is 10.0 Å². The highest BCUT2D eigenvalue weighted by Gasteiger charge is 2.13. The van der Waals surface area contributed by atoms with Crippen LogP contribution in [0.1, 0.15) is 11.1 Å². The van der Waals surface area contributed by atoms with Gasteiger partial charge in [-0.1, -0.05) is 58.9 Å². The first kappa shape index (κ1) is 23.7. The molecule has 0 heterocycles. The van der Waals surface area contributed by atoms with Gasteiger partial charge in [0, 0.05) is 15.7 Å².